The van der Waals surface area contributed by atoms with E-state index in [4.69, 9.17) is 18.9 Å². The van der Waals surface area contributed by atoms with Gasteiger partial charge in [0.25, 0.3) is 5.79 Å². The van der Waals surface area contributed by atoms with Crippen LogP contribution >= 0.6 is 0 Å². The Kier molecular flexibility index (Phi) is 7.71. The maximum absolute atomic E-state index is 12.5. The van der Waals surface area contributed by atoms with Gasteiger partial charge in [-0.25, -0.2) is 0 Å². The lowest BCUT2D eigenvalue weighted by atomic mass is 10.0. The van der Waals surface area contributed by atoms with E-state index in [1.54, 1.807) is 57.2 Å². The molecule has 0 aliphatic carbocycles. The first-order chi connectivity index (χ1) is 13.4. The van der Waals surface area contributed by atoms with E-state index in [2.05, 4.69) is 0 Å². The normalized spacial score (nSPS) is 13.8. The van der Waals surface area contributed by atoms with E-state index in [-0.39, 0.29) is 25.6 Å². The quantitative estimate of drug-likeness (QED) is 0.467. The monoisotopic (exact) mass is 388 g/mol. The number of carbonyl (C=O) groups is 1. The summed E-state index contributed by atoms with van der Waals surface area (Å²) in [7, 11) is 0. The maximum atomic E-state index is 12.5. The van der Waals surface area contributed by atoms with E-state index in [0.29, 0.717) is 16.9 Å². The van der Waals surface area contributed by atoms with Crippen LogP contribution < -0.4 is 4.74 Å². The fourth-order valence-electron chi connectivity index (χ4n) is 2.80. The Morgan fingerprint density at radius 1 is 0.821 bits per heavy atom. The highest BCUT2D eigenvalue weighted by atomic mass is 16.9. The van der Waals surface area contributed by atoms with Gasteiger partial charge in [0.05, 0.1) is 13.2 Å². The third-order valence-corrected chi connectivity index (χ3v) is 4.07. The molecule has 0 aliphatic heterocycles. The van der Waals surface area contributed by atoms with Crippen molar-refractivity contribution in [2.75, 3.05) is 19.8 Å². The molecule has 1 unspecified atom stereocenters. The summed E-state index contributed by atoms with van der Waals surface area (Å²) in [4.78, 5) is 12.5. The molecule has 0 radical (unpaired) electrons. The van der Waals surface area contributed by atoms with Gasteiger partial charge in [-0.15, -0.1) is 0 Å². The lowest BCUT2D eigenvalue weighted by Crippen LogP contribution is -2.61. The topological polar surface area (TPSA) is 74.2 Å². The highest BCUT2D eigenvalue weighted by Gasteiger charge is 2.54. The molecule has 28 heavy (non-hydrogen) atoms. The summed E-state index contributed by atoms with van der Waals surface area (Å²) in [6, 6.07) is 15.6. The van der Waals surface area contributed by atoms with Crippen LogP contribution in [-0.4, -0.2) is 42.5 Å². The largest absolute Gasteiger partial charge is 0.435 e. The van der Waals surface area contributed by atoms with Crippen LogP contribution in [0.5, 0.6) is 5.75 Å². The van der Waals surface area contributed by atoms with Gasteiger partial charge in [0.2, 0.25) is 0 Å². The van der Waals surface area contributed by atoms with E-state index in [1.165, 1.54) is 6.92 Å². The lowest BCUT2D eigenvalue weighted by molar-refractivity contribution is -0.460. The first-order valence-corrected chi connectivity index (χ1v) is 9.42. The van der Waals surface area contributed by atoms with E-state index < -0.39 is 11.8 Å². The van der Waals surface area contributed by atoms with Crippen LogP contribution in [0.1, 0.15) is 43.6 Å². The van der Waals surface area contributed by atoms with E-state index >= 15 is 0 Å². The van der Waals surface area contributed by atoms with Gasteiger partial charge in [0.1, 0.15) is 5.75 Å². The average molecular weight is 388 g/mol. The van der Waals surface area contributed by atoms with Crippen molar-refractivity contribution in [3.8, 4) is 5.75 Å². The third-order valence-electron chi connectivity index (χ3n) is 4.07. The Morgan fingerprint density at radius 3 is 1.82 bits per heavy atom. The number of hydrogen-bond donors (Lipinski definition) is 1. The van der Waals surface area contributed by atoms with Gasteiger partial charge in [-0.05, 0) is 52.0 Å². The smallest absolute Gasteiger partial charge is 0.384 e. The Hall–Kier alpha value is -2.25. The van der Waals surface area contributed by atoms with Gasteiger partial charge in [-0.2, -0.15) is 0 Å². The number of hydrogen-bond acceptors (Lipinski definition) is 6. The summed E-state index contributed by atoms with van der Waals surface area (Å²) < 4.78 is 22.6. The summed E-state index contributed by atoms with van der Waals surface area (Å²) in [6.45, 7) is 7.40. The van der Waals surface area contributed by atoms with Crippen molar-refractivity contribution in [2.45, 2.75) is 39.5 Å². The van der Waals surface area contributed by atoms with Crippen molar-refractivity contribution in [2.24, 2.45) is 0 Å². The molecule has 0 heterocycles. The first kappa shape index (κ1) is 22.0. The molecule has 0 spiro atoms. The summed E-state index contributed by atoms with van der Waals surface area (Å²) in [5, 5.41) is 10.8. The molecule has 2 rings (SSSR count). The number of benzene rings is 2. The minimum Gasteiger partial charge on any atom is -0.435 e. The molecule has 2 aromatic carbocycles. The van der Waals surface area contributed by atoms with Gasteiger partial charge in [-0.1, -0.05) is 30.3 Å². The minimum absolute atomic E-state index is 0.0886. The standard InChI is InChI=1S/C22H28O6/c1-5-25-21(4,24)22(26-6-2,27-7-3)28-19-15-13-18(14-16-19)20(23)17-11-9-8-10-12-17/h8-16,24H,5-7H2,1-4H3. The van der Waals surface area contributed by atoms with E-state index in [1.807, 2.05) is 18.2 Å². The van der Waals surface area contributed by atoms with Crippen molar-refractivity contribution in [3.63, 3.8) is 0 Å². The Morgan fingerprint density at radius 2 is 1.32 bits per heavy atom. The summed E-state index contributed by atoms with van der Waals surface area (Å²) in [5.41, 5.74) is 1.13. The van der Waals surface area contributed by atoms with Crippen LogP contribution in [0.25, 0.3) is 0 Å². The molecule has 1 N–H and O–H groups in total. The lowest BCUT2D eigenvalue weighted by Gasteiger charge is -2.42. The number of ketones is 1. The van der Waals surface area contributed by atoms with Crippen LogP contribution in [0.2, 0.25) is 0 Å². The zero-order chi connectivity index (χ0) is 20.6. The van der Waals surface area contributed by atoms with Crippen LogP contribution in [-0.2, 0) is 14.2 Å². The zero-order valence-electron chi connectivity index (χ0n) is 16.8. The number of carbonyl (C=O) groups excluding carboxylic acids is 1. The molecule has 0 aliphatic rings. The highest BCUT2D eigenvalue weighted by Crippen LogP contribution is 2.33. The van der Waals surface area contributed by atoms with Crippen molar-refractivity contribution in [1.29, 1.82) is 0 Å². The molecule has 0 fully saturated rings. The molecule has 6 heteroatoms. The predicted molar refractivity (Wildman–Crippen MR) is 105 cm³/mol. The Balaban J connectivity index is 2.28. The molecular formula is C22H28O6. The van der Waals surface area contributed by atoms with Gasteiger partial charge in [0.15, 0.2) is 5.78 Å². The molecule has 1 atom stereocenters. The minimum atomic E-state index is -1.85. The fourth-order valence-corrected chi connectivity index (χ4v) is 2.80. The van der Waals surface area contributed by atoms with Crippen molar-refractivity contribution < 1.29 is 28.8 Å². The number of ether oxygens (including phenoxy) is 4. The Labute approximate surface area is 166 Å². The molecular weight excluding hydrogens is 360 g/mol. The van der Waals surface area contributed by atoms with Crippen molar-refractivity contribution in [1.82, 2.24) is 0 Å². The molecule has 0 aromatic heterocycles. The second-order valence-corrected chi connectivity index (χ2v) is 6.16. The summed E-state index contributed by atoms with van der Waals surface area (Å²) >= 11 is 0. The first-order valence-electron chi connectivity index (χ1n) is 9.42. The molecule has 2 aromatic rings. The fraction of sp³-hybridized carbons (Fsp3) is 0.409. The average Bonchev–Trinajstić information content (AvgIpc) is 2.69. The highest BCUT2D eigenvalue weighted by molar-refractivity contribution is 6.08. The van der Waals surface area contributed by atoms with Crippen LogP contribution in [0.3, 0.4) is 0 Å². The molecule has 0 saturated heterocycles. The summed E-state index contributed by atoms with van der Waals surface area (Å²) in [6.07, 6.45) is 0. The second kappa shape index (κ2) is 9.80. The number of aliphatic hydroxyl groups is 1. The van der Waals surface area contributed by atoms with E-state index in [0.717, 1.165) is 0 Å². The van der Waals surface area contributed by atoms with Gasteiger partial charge < -0.3 is 24.1 Å². The molecule has 0 saturated carbocycles. The van der Waals surface area contributed by atoms with Crippen LogP contribution in [0.15, 0.2) is 54.6 Å². The van der Waals surface area contributed by atoms with E-state index in [9.17, 15) is 9.90 Å². The van der Waals surface area contributed by atoms with Gasteiger partial charge in [0, 0.05) is 17.7 Å². The Bertz CT molecular complexity index is 733. The molecule has 6 nitrogen and oxygen atoms in total. The van der Waals surface area contributed by atoms with Gasteiger partial charge in [-0.3, -0.25) is 4.79 Å². The predicted octanol–water partition coefficient (Wildman–Crippen LogP) is 3.77. The maximum Gasteiger partial charge on any atom is 0.384 e. The van der Waals surface area contributed by atoms with Gasteiger partial charge >= 0.3 is 5.97 Å². The third kappa shape index (κ3) is 4.97. The second-order valence-electron chi connectivity index (χ2n) is 6.16. The SMILES string of the molecule is CCOC(C)(O)C(OCC)(OCC)Oc1ccc(C(=O)c2ccccc2)cc1. The molecule has 0 amide bonds. The van der Waals surface area contributed by atoms with Crippen molar-refractivity contribution in [3.05, 3.63) is 65.7 Å². The molecule has 152 valence electrons. The summed E-state index contributed by atoms with van der Waals surface area (Å²) in [5.74, 6) is -3.43. The molecule has 0 bridgehead atoms. The van der Waals surface area contributed by atoms with Crippen LogP contribution in [0.4, 0.5) is 0 Å². The zero-order valence-corrected chi connectivity index (χ0v) is 16.8. The van der Waals surface area contributed by atoms with Crippen LogP contribution in [0, 0.1) is 0 Å². The number of rotatable bonds is 11. The van der Waals surface area contributed by atoms with Crippen molar-refractivity contribution >= 4 is 5.78 Å².